The highest BCUT2D eigenvalue weighted by molar-refractivity contribution is 5.73. The number of ether oxygens (including phenoxy) is 4. The van der Waals surface area contributed by atoms with Gasteiger partial charge in [-0.3, -0.25) is 0 Å². The van der Waals surface area contributed by atoms with Gasteiger partial charge in [-0.15, -0.1) is 0 Å². The topological polar surface area (TPSA) is 69.2 Å². The molecule has 3 heterocycles. The zero-order valence-electron chi connectivity index (χ0n) is 22.9. The molecule has 1 saturated heterocycles. The predicted molar refractivity (Wildman–Crippen MR) is 155 cm³/mol. The average molecular weight is 527 g/mol. The van der Waals surface area contributed by atoms with E-state index in [1.807, 2.05) is 48.8 Å². The van der Waals surface area contributed by atoms with Gasteiger partial charge in [0, 0.05) is 73.0 Å². The molecule has 1 aliphatic rings. The molecular formula is C31H34N4O4. The van der Waals surface area contributed by atoms with Gasteiger partial charge in [0.05, 0.1) is 28.4 Å². The summed E-state index contributed by atoms with van der Waals surface area (Å²) < 4.78 is 21.8. The van der Waals surface area contributed by atoms with E-state index in [0.29, 0.717) is 0 Å². The quantitative estimate of drug-likeness (QED) is 0.296. The highest BCUT2D eigenvalue weighted by Crippen LogP contribution is 2.35. The van der Waals surface area contributed by atoms with Crippen LogP contribution in [0.2, 0.25) is 0 Å². The first-order valence-corrected chi connectivity index (χ1v) is 13.0. The van der Waals surface area contributed by atoms with E-state index < -0.39 is 0 Å². The first kappa shape index (κ1) is 26.2. The Morgan fingerprint density at radius 2 is 1.00 bits per heavy atom. The van der Waals surface area contributed by atoms with Gasteiger partial charge in [0.2, 0.25) is 0 Å². The van der Waals surface area contributed by atoms with Crippen molar-refractivity contribution in [1.29, 1.82) is 0 Å². The van der Waals surface area contributed by atoms with Gasteiger partial charge in [0.15, 0.2) is 0 Å². The number of methoxy groups -OCH3 is 4. The van der Waals surface area contributed by atoms with Gasteiger partial charge in [-0.1, -0.05) is 0 Å². The van der Waals surface area contributed by atoms with Gasteiger partial charge in [0.1, 0.15) is 34.6 Å². The summed E-state index contributed by atoms with van der Waals surface area (Å²) in [5, 5.41) is 0. The maximum atomic E-state index is 5.57. The fourth-order valence-corrected chi connectivity index (χ4v) is 4.91. The van der Waals surface area contributed by atoms with Crippen LogP contribution in [0.15, 0.2) is 73.1 Å². The molecule has 0 saturated carbocycles. The Balaban J connectivity index is 1.26. The molecule has 1 aliphatic heterocycles. The lowest BCUT2D eigenvalue weighted by atomic mass is 10.1. The summed E-state index contributed by atoms with van der Waals surface area (Å²) >= 11 is 0. The molecule has 5 rings (SSSR count). The van der Waals surface area contributed by atoms with E-state index in [4.69, 9.17) is 28.9 Å². The molecule has 2 aromatic carbocycles. The van der Waals surface area contributed by atoms with Crippen molar-refractivity contribution < 1.29 is 18.9 Å². The normalized spacial score (nSPS) is 13.5. The Morgan fingerprint density at radius 1 is 0.538 bits per heavy atom. The van der Waals surface area contributed by atoms with Gasteiger partial charge >= 0.3 is 0 Å². The molecule has 39 heavy (non-hydrogen) atoms. The third-order valence-corrected chi connectivity index (χ3v) is 7.08. The Hall–Kier alpha value is -4.46. The maximum Gasteiger partial charge on any atom is 0.130 e. The second-order valence-corrected chi connectivity index (χ2v) is 9.27. The van der Waals surface area contributed by atoms with E-state index in [2.05, 4.69) is 34.1 Å². The average Bonchev–Trinajstić information content (AvgIpc) is 3.27. The van der Waals surface area contributed by atoms with Crippen LogP contribution in [0, 0.1) is 0 Å². The third-order valence-electron chi connectivity index (χ3n) is 7.08. The second kappa shape index (κ2) is 11.9. The molecule has 202 valence electrons. The van der Waals surface area contributed by atoms with Crippen LogP contribution in [-0.4, -0.2) is 64.6 Å². The summed E-state index contributed by atoms with van der Waals surface area (Å²) in [5.74, 6) is 5.00. The molecule has 0 aliphatic carbocycles. The van der Waals surface area contributed by atoms with E-state index in [-0.39, 0.29) is 0 Å². The van der Waals surface area contributed by atoms with E-state index in [0.717, 1.165) is 89.5 Å². The van der Waals surface area contributed by atoms with E-state index in [1.165, 1.54) is 0 Å². The van der Waals surface area contributed by atoms with Crippen LogP contribution >= 0.6 is 0 Å². The van der Waals surface area contributed by atoms with Crippen molar-refractivity contribution in [3.8, 4) is 45.3 Å². The summed E-state index contributed by atoms with van der Waals surface area (Å²) in [7, 11) is 6.64. The fourth-order valence-electron chi connectivity index (χ4n) is 4.91. The van der Waals surface area contributed by atoms with E-state index in [1.54, 1.807) is 28.4 Å². The summed E-state index contributed by atoms with van der Waals surface area (Å²) in [6.07, 6.45) is 4.84. The lowest BCUT2D eigenvalue weighted by Gasteiger charge is -2.24. The van der Waals surface area contributed by atoms with Gasteiger partial charge in [-0.25, -0.2) is 9.97 Å². The molecule has 2 aromatic heterocycles. The second-order valence-electron chi connectivity index (χ2n) is 9.27. The smallest absolute Gasteiger partial charge is 0.130 e. The van der Waals surface area contributed by atoms with Crippen LogP contribution in [-0.2, 0) is 0 Å². The van der Waals surface area contributed by atoms with Gasteiger partial charge < -0.3 is 28.7 Å². The minimum Gasteiger partial charge on any atom is -0.497 e. The Bertz CT molecular complexity index is 1290. The predicted octanol–water partition coefficient (Wildman–Crippen LogP) is 5.56. The molecule has 0 N–H and O–H groups in total. The molecule has 8 nitrogen and oxygen atoms in total. The highest BCUT2D eigenvalue weighted by atomic mass is 16.5. The molecule has 0 bridgehead atoms. The number of hydrogen-bond donors (Lipinski definition) is 0. The molecule has 0 atom stereocenters. The molecule has 0 unspecified atom stereocenters. The van der Waals surface area contributed by atoms with Crippen LogP contribution in [0.3, 0.4) is 0 Å². The number of pyridine rings is 2. The van der Waals surface area contributed by atoms with Gasteiger partial charge in [-0.05, 0) is 55.0 Å². The lowest BCUT2D eigenvalue weighted by Crippen LogP contribution is -2.31. The van der Waals surface area contributed by atoms with Crippen molar-refractivity contribution in [3.63, 3.8) is 0 Å². The SMILES string of the molecule is COc1ccc(-c2ccc(N3CCCN(c4ccc(-c5ccc(OC)cc5OC)cn4)CC3)nc2)c(OC)c1. The standard InChI is InChI=1S/C31H34N4O4/c1-36-24-8-10-26(28(18-24)38-3)22-6-12-30(32-20-22)34-14-5-15-35(17-16-34)31-13-7-23(21-33-31)27-11-9-25(37-2)19-29(27)39-4/h6-13,18-21H,5,14-17H2,1-4H3. The van der Waals surface area contributed by atoms with Crippen molar-refractivity contribution in [2.75, 3.05) is 64.4 Å². The zero-order valence-corrected chi connectivity index (χ0v) is 22.9. The minimum absolute atomic E-state index is 0.762. The number of aromatic nitrogens is 2. The van der Waals surface area contributed by atoms with Crippen molar-refractivity contribution in [2.45, 2.75) is 6.42 Å². The van der Waals surface area contributed by atoms with Crippen LogP contribution in [0.5, 0.6) is 23.0 Å². The van der Waals surface area contributed by atoms with Gasteiger partial charge in [0.25, 0.3) is 0 Å². The Kier molecular flexibility index (Phi) is 8.01. The maximum absolute atomic E-state index is 5.57. The third kappa shape index (κ3) is 5.70. The lowest BCUT2D eigenvalue weighted by molar-refractivity contribution is 0.395. The first-order chi connectivity index (χ1) is 19.1. The number of anilines is 2. The molecular weight excluding hydrogens is 492 g/mol. The largest absolute Gasteiger partial charge is 0.497 e. The molecule has 4 aromatic rings. The van der Waals surface area contributed by atoms with Crippen molar-refractivity contribution >= 4 is 11.6 Å². The molecule has 1 fully saturated rings. The number of rotatable bonds is 8. The Morgan fingerprint density at radius 3 is 1.36 bits per heavy atom. The highest BCUT2D eigenvalue weighted by Gasteiger charge is 2.18. The summed E-state index contributed by atoms with van der Waals surface area (Å²) in [6, 6.07) is 20.0. The number of hydrogen-bond acceptors (Lipinski definition) is 8. The van der Waals surface area contributed by atoms with Crippen molar-refractivity contribution in [2.24, 2.45) is 0 Å². The van der Waals surface area contributed by atoms with Crippen molar-refractivity contribution in [1.82, 2.24) is 9.97 Å². The summed E-state index contributed by atoms with van der Waals surface area (Å²) in [4.78, 5) is 14.3. The van der Waals surface area contributed by atoms with Crippen LogP contribution in [0.4, 0.5) is 11.6 Å². The molecule has 0 spiro atoms. The first-order valence-electron chi connectivity index (χ1n) is 13.0. The summed E-state index contributed by atoms with van der Waals surface area (Å²) in [5.41, 5.74) is 3.99. The molecule has 0 amide bonds. The van der Waals surface area contributed by atoms with Crippen molar-refractivity contribution in [3.05, 3.63) is 73.1 Å². The zero-order chi connectivity index (χ0) is 27.2. The monoisotopic (exact) mass is 526 g/mol. The minimum atomic E-state index is 0.762. The fraction of sp³-hybridized carbons (Fsp3) is 0.290. The van der Waals surface area contributed by atoms with E-state index >= 15 is 0 Å². The molecule has 8 heteroatoms. The van der Waals surface area contributed by atoms with Crippen LogP contribution in [0.25, 0.3) is 22.3 Å². The number of benzene rings is 2. The van der Waals surface area contributed by atoms with Crippen LogP contribution in [0.1, 0.15) is 6.42 Å². The summed E-state index contributed by atoms with van der Waals surface area (Å²) in [6.45, 7) is 3.62. The number of nitrogens with zero attached hydrogens (tertiary/aromatic N) is 4. The van der Waals surface area contributed by atoms with Crippen LogP contribution < -0.4 is 28.7 Å². The molecule has 0 radical (unpaired) electrons. The van der Waals surface area contributed by atoms with E-state index in [9.17, 15) is 0 Å². The van der Waals surface area contributed by atoms with Gasteiger partial charge in [-0.2, -0.15) is 0 Å². The Labute approximate surface area is 229 Å².